The predicted octanol–water partition coefficient (Wildman–Crippen LogP) is 2.60. The molecule has 1 heterocycles. The molecule has 0 unspecified atom stereocenters. The summed E-state index contributed by atoms with van der Waals surface area (Å²) in [5.41, 5.74) is -0.0613. The van der Waals surface area contributed by atoms with Gasteiger partial charge in [0.2, 0.25) is 0 Å². The van der Waals surface area contributed by atoms with Crippen LogP contribution in [0.3, 0.4) is 0 Å². The molecule has 1 aliphatic heterocycles. The molecule has 1 saturated carbocycles. The van der Waals surface area contributed by atoms with Crippen LogP contribution in [0.5, 0.6) is 0 Å². The molecule has 2 fully saturated rings. The zero-order valence-corrected chi connectivity index (χ0v) is 11.3. The normalized spacial score (nSPS) is 29.4. The Morgan fingerprint density at radius 1 is 1.20 bits per heavy atom. The number of ether oxygens (including phenoxy) is 1. The number of likely N-dealkylation sites (tertiary alicyclic amines) is 1. The van der Waals surface area contributed by atoms with Crippen LogP contribution in [0.1, 0.15) is 29.6 Å². The molecule has 3 nitrogen and oxygen atoms in total. The van der Waals surface area contributed by atoms with Gasteiger partial charge in [-0.15, -0.1) is 0 Å². The summed E-state index contributed by atoms with van der Waals surface area (Å²) in [5.74, 6) is -1.61. The zero-order valence-electron chi connectivity index (χ0n) is 11.3. The van der Waals surface area contributed by atoms with E-state index in [4.69, 9.17) is 4.74 Å². The second-order valence-electron chi connectivity index (χ2n) is 5.85. The maximum Gasteiger partial charge on any atom is 0.338 e. The fraction of sp³-hybridized carbons (Fsp3) is 0.533. The number of esters is 1. The SMILES string of the molecule is CN1C[C@@H]2C[C@@H](OC(=O)c3cc(F)cc(F)c3)C[C@H]1C2. The van der Waals surface area contributed by atoms with Gasteiger partial charge in [-0.25, -0.2) is 13.6 Å². The number of benzene rings is 1. The van der Waals surface area contributed by atoms with E-state index in [9.17, 15) is 13.6 Å². The van der Waals surface area contributed by atoms with Gasteiger partial charge in [-0.2, -0.15) is 0 Å². The number of hydrogen-bond donors (Lipinski definition) is 0. The monoisotopic (exact) mass is 281 g/mol. The van der Waals surface area contributed by atoms with Crippen molar-refractivity contribution in [2.75, 3.05) is 13.6 Å². The van der Waals surface area contributed by atoms with Gasteiger partial charge in [0.25, 0.3) is 0 Å². The molecule has 3 atom stereocenters. The number of fused-ring (bicyclic) bond motifs is 2. The molecule has 2 bridgehead atoms. The highest BCUT2D eigenvalue weighted by Crippen LogP contribution is 2.36. The molecule has 5 heteroatoms. The third-order valence-corrected chi connectivity index (χ3v) is 4.28. The highest BCUT2D eigenvalue weighted by atomic mass is 19.1. The van der Waals surface area contributed by atoms with Crippen molar-refractivity contribution in [3.8, 4) is 0 Å². The number of rotatable bonds is 2. The van der Waals surface area contributed by atoms with Gasteiger partial charge in [-0.1, -0.05) is 0 Å². The molecule has 0 radical (unpaired) electrons. The first-order valence-corrected chi connectivity index (χ1v) is 6.88. The average molecular weight is 281 g/mol. The number of carbonyl (C=O) groups excluding carboxylic acids is 1. The van der Waals surface area contributed by atoms with Gasteiger partial charge in [0.15, 0.2) is 0 Å². The summed E-state index contributed by atoms with van der Waals surface area (Å²) < 4.78 is 31.6. The molecule has 0 amide bonds. The second-order valence-corrected chi connectivity index (χ2v) is 5.85. The number of carbonyl (C=O) groups is 1. The van der Waals surface area contributed by atoms with Crippen molar-refractivity contribution < 1.29 is 18.3 Å². The van der Waals surface area contributed by atoms with Gasteiger partial charge in [-0.05, 0) is 44.4 Å². The molecule has 1 aliphatic carbocycles. The molecule has 0 N–H and O–H groups in total. The Bertz CT molecular complexity index is 512. The zero-order chi connectivity index (χ0) is 14.3. The molecule has 1 aromatic rings. The number of nitrogens with zero attached hydrogens (tertiary/aromatic N) is 1. The highest BCUT2D eigenvalue weighted by molar-refractivity contribution is 5.89. The van der Waals surface area contributed by atoms with Crippen molar-refractivity contribution in [1.29, 1.82) is 0 Å². The van der Waals surface area contributed by atoms with Crippen LogP contribution >= 0.6 is 0 Å². The third kappa shape index (κ3) is 2.68. The van der Waals surface area contributed by atoms with Crippen LogP contribution in [0.4, 0.5) is 8.78 Å². The van der Waals surface area contributed by atoms with Crippen LogP contribution < -0.4 is 0 Å². The van der Waals surface area contributed by atoms with E-state index in [1.165, 1.54) is 0 Å². The van der Waals surface area contributed by atoms with Crippen LogP contribution in [-0.4, -0.2) is 36.6 Å². The van der Waals surface area contributed by atoms with Crippen molar-refractivity contribution in [2.45, 2.75) is 31.4 Å². The molecule has 20 heavy (non-hydrogen) atoms. The molecule has 0 aromatic heterocycles. The molecule has 1 aromatic carbocycles. The standard InChI is InChI=1S/C15H17F2NO2/c1-18-8-9-2-13(18)7-14(3-9)20-15(19)10-4-11(16)6-12(17)5-10/h4-6,9,13-14H,2-3,7-8H2,1H3/t9-,13+,14+/m0/s1. The Morgan fingerprint density at radius 2 is 1.90 bits per heavy atom. The van der Waals surface area contributed by atoms with E-state index in [0.717, 1.165) is 44.0 Å². The Balaban J connectivity index is 1.67. The first-order valence-electron chi connectivity index (χ1n) is 6.88. The summed E-state index contributed by atoms with van der Waals surface area (Å²) in [6.45, 7) is 1.04. The maximum absolute atomic E-state index is 13.1. The number of hydrogen-bond acceptors (Lipinski definition) is 3. The van der Waals surface area contributed by atoms with Gasteiger partial charge >= 0.3 is 5.97 Å². The fourth-order valence-electron chi connectivity index (χ4n) is 3.40. The lowest BCUT2D eigenvalue weighted by Crippen LogP contribution is -2.32. The van der Waals surface area contributed by atoms with E-state index in [2.05, 4.69) is 11.9 Å². The number of halogens is 2. The van der Waals surface area contributed by atoms with Crippen molar-refractivity contribution in [3.05, 3.63) is 35.4 Å². The van der Waals surface area contributed by atoms with Crippen molar-refractivity contribution >= 4 is 5.97 Å². The minimum atomic E-state index is -0.764. The Hall–Kier alpha value is -1.49. The topological polar surface area (TPSA) is 29.5 Å². The summed E-state index contributed by atoms with van der Waals surface area (Å²) in [6, 6.07) is 3.21. The van der Waals surface area contributed by atoms with E-state index in [-0.39, 0.29) is 11.7 Å². The fourth-order valence-corrected chi connectivity index (χ4v) is 3.40. The molecule has 108 valence electrons. The smallest absolute Gasteiger partial charge is 0.338 e. The summed E-state index contributed by atoms with van der Waals surface area (Å²) in [5, 5.41) is 0. The summed E-state index contributed by atoms with van der Waals surface area (Å²) in [7, 11) is 2.08. The highest BCUT2D eigenvalue weighted by Gasteiger charge is 2.39. The van der Waals surface area contributed by atoms with Crippen LogP contribution in [0.25, 0.3) is 0 Å². The van der Waals surface area contributed by atoms with Crippen LogP contribution in [-0.2, 0) is 4.74 Å². The lowest BCUT2D eigenvalue weighted by molar-refractivity contribution is 0.0147. The Kier molecular flexibility index (Phi) is 3.46. The van der Waals surface area contributed by atoms with E-state index in [1.54, 1.807) is 0 Å². The Morgan fingerprint density at radius 3 is 2.55 bits per heavy atom. The van der Waals surface area contributed by atoms with E-state index in [1.807, 2.05) is 0 Å². The van der Waals surface area contributed by atoms with Crippen molar-refractivity contribution in [1.82, 2.24) is 4.90 Å². The van der Waals surface area contributed by atoms with Gasteiger partial charge < -0.3 is 9.64 Å². The largest absolute Gasteiger partial charge is 0.459 e. The minimum Gasteiger partial charge on any atom is -0.459 e. The molecule has 1 saturated heterocycles. The first-order chi connectivity index (χ1) is 9.51. The van der Waals surface area contributed by atoms with Gasteiger partial charge in [0, 0.05) is 18.7 Å². The van der Waals surface area contributed by atoms with Crippen LogP contribution in [0.2, 0.25) is 0 Å². The van der Waals surface area contributed by atoms with Crippen molar-refractivity contribution in [3.63, 3.8) is 0 Å². The van der Waals surface area contributed by atoms with E-state index >= 15 is 0 Å². The first kappa shape index (κ1) is 13.5. The third-order valence-electron chi connectivity index (χ3n) is 4.28. The van der Waals surface area contributed by atoms with Gasteiger partial charge in [-0.3, -0.25) is 0 Å². The quantitative estimate of drug-likeness (QED) is 0.780. The molecule has 0 spiro atoms. The molecular formula is C15H17F2NO2. The second kappa shape index (κ2) is 5.13. The van der Waals surface area contributed by atoms with Gasteiger partial charge in [0.05, 0.1) is 5.56 Å². The van der Waals surface area contributed by atoms with Gasteiger partial charge in [0.1, 0.15) is 17.7 Å². The van der Waals surface area contributed by atoms with Crippen molar-refractivity contribution in [2.24, 2.45) is 5.92 Å². The Labute approximate surface area is 116 Å². The lowest BCUT2D eigenvalue weighted by atomic mass is 9.88. The summed E-state index contributed by atoms with van der Waals surface area (Å²) in [4.78, 5) is 14.3. The molecular weight excluding hydrogens is 264 g/mol. The predicted molar refractivity (Wildman–Crippen MR) is 69.3 cm³/mol. The maximum atomic E-state index is 13.1. The average Bonchev–Trinajstić information content (AvgIpc) is 2.61. The van der Waals surface area contributed by atoms with Crippen LogP contribution in [0.15, 0.2) is 18.2 Å². The van der Waals surface area contributed by atoms with E-state index < -0.39 is 17.6 Å². The van der Waals surface area contributed by atoms with Crippen LogP contribution in [0, 0.1) is 17.6 Å². The summed E-state index contributed by atoms with van der Waals surface area (Å²) >= 11 is 0. The van der Waals surface area contributed by atoms with E-state index in [0.29, 0.717) is 12.0 Å². The minimum absolute atomic E-state index is 0.0613. The molecule has 2 aliphatic rings. The summed E-state index contributed by atoms with van der Waals surface area (Å²) in [6.07, 6.45) is 2.64. The lowest BCUT2D eigenvalue weighted by Gasteiger charge is -2.28. The molecule has 3 rings (SSSR count).